The van der Waals surface area contributed by atoms with Crippen LogP contribution in [0.5, 0.6) is 0 Å². The Morgan fingerprint density at radius 3 is 2.57 bits per heavy atom. The van der Waals surface area contributed by atoms with Crippen LogP contribution in [0.1, 0.15) is 17.8 Å². The highest BCUT2D eigenvalue weighted by atomic mass is 16.5. The molecule has 3 heterocycles. The van der Waals surface area contributed by atoms with Crippen molar-refractivity contribution in [2.45, 2.75) is 20.3 Å². The van der Waals surface area contributed by atoms with Gasteiger partial charge in [-0.05, 0) is 19.9 Å². The van der Waals surface area contributed by atoms with Crippen LogP contribution in [0.15, 0.2) is 6.07 Å². The predicted octanol–water partition coefficient (Wildman–Crippen LogP) is 0.779. The van der Waals surface area contributed by atoms with E-state index in [1.165, 1.54) is 0 Å². The quantitative estimate of drug-likeness (QED) is 0.765. The molecule has 0 N–H and O–H groups in total. The lowest BCUT2D eigenvalue weighted by atomic mass is 9.87. The Hall–Kier alpha value is -1.69. The summed E-state index contributed by atoms with van der Waals surface area (Å²) in [6, 6.07) is 1.97. The molecule has 2 aliphatic heterocycles. The molecule has 6 nitrogen and oxygen atoms in total. The average Bonchev–Trinajstić information content (AvgIpc) is 2.58. The molecule has 1 spiro atoms. The fraction of sp³-hybridized carbons (Fsp3) is 0.667. The number of likely N-dealkylation sites (tertiary alicyclic amines) is 1. The van der Waals surface area contributed by atoms with Crippen LogP contribution in [0.2, 0.25) is 0 Å². The lowest BCUT2D eigenvalue weighted by Gasteiger charge is -2.31. The molecule has 2 saturated heterocycles. The summed E-state index contributed by atoms with van der Waals surface area (Å²) >= 11 is 0. The second kappa shape index (κ2) is 5.26. The first-order valence-electron chi connectivity index (χ1n) is 7.36. The Morgan fingerprint density at radius 2 is 1.95 bits per heavy atom. The van der Waals surface area contributed by atoms with E-state index < -0.39 is 0 Å². The van der Waals surface area contributed by atoms with Crippen molar-refractivity contribution < 1.29 is 9.53 Å². The zero-order valence-electron chi connectivity index (χ0n) is 12.9. The molecule has 0 radical (unpaired) electrons. The van der Waals surface area contributed by atoms with E-state index in [2.05, 4.69) is 14.9 Å². The fourth-order valence-electron chi connectivity index (χ4n) is 3.32. The summed E-state index contributed by atoms with van der Waals surface area (Å²) in [5.41, 5.74) is 1.80. The normalized spacial score (nSPS) is 26.5. The Labute approximate surface area is 125 Å². The van der Waals surface area contributed by atoms with Crippen molar-refractivity contribution in [1.29, 1.82) is 0 Å². The molecule has 1 aromatic rings. The van der Waals surface area contributed by atoms with Crippen molar-refractivity contribution in [3.05, 3.63) is 17.5 Å². The Bertz CT molecular complexity index is 542. The average molecular weight is 290 g/mol. The van der Waals surface area contributed by atoms with Gasteiger partial charge in [-0.15, -0.1) is 0 Å². The molecule has 3 rings (SSSR count). The van der Waals surface area contributed by atoms with E-state index in [0.717, 1.165) is 37.0 Å². The number of hydrogen-bond acceptors (Lipinski definition) is 5. The second-order valence-electron chi connectivity index (χ2n) is 6.35. The van der Waals surface area contributed by atoms with Gasteiger partial charge in [-0.3, -0.25) is 4.79 Å². The Morgan fingerprint density at radius 1 is 1.24 bits per heavy atom. The summed E-state index contributed by atoms with van der Waals surface area (Å²) in [6.45, 7) is 7.52. The van der Waals surface area contributed by atoms with Crippen molar-refractivity contribution >= 4 is 11.9 Å². The summed E-state index contributed by atoms with van der Waals surface area (Å²) in [6.07, 6.45) is 0.546. The monoisotopic (exact) mass is 290 g/mol. The molecule has 21 heavy (non-hydrogen) atoms. The largest absolute Gasteiger partial charge is 0.379 e. The first-order valence-corrected chi connectivity index (χ1v) is 7.36. The minimum absolute atomic E-state index is 0.136. The Balaban J connectivity index is 1.87. The lowest BCUT2D eigenvalue weighted by molar-refractivity contribution is -0.126. The summed E-state index contributed by atoms with van der Waals surface area (Å²) in [5, 5.41) is 0. The maximum Gasteiger partial charge on any atom is 0.225 e. The zero-order chi connectivity index (χ0) is 15.0. The predicted molar refractivity (Wildman–Crippen MR) is 79.2 cm³/mol. The maximum atomic E-state index is 11.9. The highest BCUT2D eigenvalue weighted by Gasteiger charge is 2.44. The van der Waals surface area contributed by atoms with Crippen LogP contribution in [-0.2, 0) is 9.53 Å². The van der Waals surface area contributed by atoms with E-state index >= 15 is 0 Å². The first kappa shape index (κ1) is 14.3. The van der Waals surface area contributed by atoms with Crippen LogP contribution in [0.4, 0.5) is 5.95 Å². The molecular formula is C15H22N4O2. The SMILES string of the molecule is Cc1cc(C)nc(N2CCOCC3(CC(=O)N(C)C3)C2)n1. The third kappa shape index (κ3) is 2.85. The zero-order valence-corrected chi connectivity index (χ0v) is 12.9. The van der Waals surface area contributed by atoms with Crippen molar-refractivity contribution in [3.8, 4) is 0 Å². The molecule has 114 valence electrons. The highest BCUT2D eigenvalue weighted by Crippen LogP contribution is 2.34. The van der Waals surface area contributed by atoms with E-state index in [0.29, 0.717) is 19.6 Å². The topological polar surface area (TPSA) is 58.6 Å². The number of amides is 1. The number of rotatable bonds is 1. The number of ether oxygens (including phenoxy) is 1. The van der Waals surface area contributed by atoms with Gasteiger partial charge in [0.1, 0.15) is 0 Å². The van der Waals surface area contributed by atoms with Gasteiger partial charge >= 0.3 is 0 Å². The summed E-state index contributed by atoms with van der Waals surface area (Å²) in [4.78, 5) is 25.0. The molecule has 1 unspecified atom stereocenters. The van der Waals surface area contributed by atoms with Gasteiger partial charge in [0.2, 0.25) is 11.9 Å². The van der Waals surface area contributed by atoms with Gasteiger partial charge in [-0.1, -0.05) is 0 Å². The highest BCUT2D eigenvalue weighted by molar-refractivity contribution is 5.79. The van der Waals surface area contributed by atoms with Crippen molar-refractivity contribution in [2.75, 3.05) is 44.8 Å². The number of hydrogen-bond donors (Lipinski definition) is 0. The van der Waals surface area contributed by atoms with Crippen LogP contribution in [0.25, 0.3) is 0 Å². The van der Waals surface area contributed by atoms with E-state index in [-0.39, 0.29) is 11.3 Å². The standard InChI is InChI=1S/C15H22N4O2/c1-11-6-12(2)17-14(16-11)19-4-5-21-10-15(9-19)7-13(20)18(3)8-15/h6H,4-5,7-10H2,1-3H3. The van der Waals surface area contributed by atoms with Crippen molar-refractivity contribution in [1.82, 2.24) is 14.9 Å². The van der Waals surface area contributed by atoms with Crippen molar-refractivity contribution in [2.24, 2.45) is 5.41 Å². The van der Waals surface area contributed by atoms with E-state index in [1.54, 1.807) is 4.90 Å². The first-order chi connectivity index (χ1) is 9.97. The molecule has 0 bridgehead atoms. The van der Waals surface area contributed by atoms with Crippen molar-refractivity contribution in [3.63, 3.8) is 0 Å². The van der Waals surface area contributed by atoms with Gasteiger partial charge in [0, 0.05) is 49.9 Å². The van der Waals surface area contributed by atoms with Crippen LogP contribution >= 0.6 is 0 Å². The molecule has 2 aliphatic rings. The Kier molecular flexibility index (Phi) is 3.57. The van der Waals surface area contributed by atoms with Crippen LogP contribution in [0, 0.1) is 19.3 Å². The summed E-state index contributed by atoms with van der Waals surface area (Å²) < 4.78 is 5.77. The van der Waals surface area contributed by atoms with Crippen LogP contribution < -0.4 is 4.90 Å². The van der Waals surface area contributed by atoms with Crippen LogP contribution in [-0.4, -0.2) is 60.7 Å². The third-order valence-corrected chi connectivity index (χ3v) is 4.22. The number of aryl methyl sites for hydroxylation is 2. The third-order valence-electron chi connectivity index (χ3n) is 4.22. The van der Waals surface area contributed by atoms with Gasteiger partial charge in [0.25, 0.3) is 0 Å². The molecule has 1 atom stereocenters. The van der Waals surface area contributed by atoms with E-state index in [4.69, 9.17) is 4.74 Å². The van der Waals surface area contributed by atoms with Gasteiger partial charge in [0.05, 0.1) is 13.2 Å². The lowest BCUT2D eigenvalue weighted by Crippen LogP contribution is -2.41. The number of aromatic nitrogens is 2. The molecule has 1 aromatic heterocycles. The summed E-state index contributed by atoms with van der Waals surface area (Å²) in [7, 11) is 1.86. The molecule has 1 amide bonds. The second-order valence-corrected chi connectivity index (χ2v) is 6.35. The molecule has 6 heteroatoms. The number of anilines is 1. The minimum Gasteiger partial charge on any atom is -0.379 e. The number of nitrogens with zero attached hydrogens (tertiary/aromatic N) is 4. The molecule has 0 aliphatic carbocycles. The smallest absolute Gasteiger partial charge is 0.225 e. The molecule has 0 saturated carbocycles. The molecule has 0 aromatic carbocycles. The minimum atomic E-state index is -0.136. The maximum absolute atomic E-state index is 11.9. The molecule has 2 fully saturated rings. The molecular weight excluding hydrogens is 268 g/mol. The van der Waals surface area contributed by atoms with Gasteiger partial charge in [-0.25, -0.2) is 9.97 Å². The van der Waals surface area contributed by atoms with Crippen LogP contribution in [0.3, 0.4) is 0 Å². The fourth-order valence-corrected chi connectivity index (χ4v) is 3.32. The van der Waals surface area contributed by atoms with Gasteiger partial charge < -0.3 is 14.5 Å². The van der Waals surface area contributed by atoms with Gasteiger partial charge in [0.15, 0.2) is 0 Å². The van der Waals surface area contributed by atoms with E-state index in [1.807, 2.05) is 27.0 Å². The summed E-state index contributed by atoms with van der Waals surface area (Å²) in [5.74, 6) is 0.946. The number of carbonyl (C=O) groups is 1. The van der Waals surface area contributed by atoms with E-state index in [9.17, 15) is 4.79 Å². The number of carbonyl (C=O) groups excluding carboxylic acids is 1. The van der Waals surface area contributed by atoms with Gasteiger partial charge in [-0.2, -0.15) is 0 Å².